The summed E-state index contributed by atoms with van der Waals surface area (Å²) in [7, 11) is 0. The number of morpholine rings is 1. The molecule has 3 fully saturated rings. The lowest BCUT2D eigenvalue weighted by Crippen LogP contribution is -2.36. The number of halogens is 3. The van der Waals surface area contributed by atoms with E-state index in [0.29, 0.717) is 37.5 Å². The number of anilines is 1. The average molecular weight is 477 g/mol. The molecule has 180 valence electrons. The summed E-state index contributed by atoms with van der Waals surface area (Å²) in [6.07, 6.45) is -2.41. The summed E-state index contributed by atoms with van der Waals surface area (Å²) in [5, 5.41) is 9.86. The van der Waals surface area contributed by atoms with E-state index >= 15 is 4.39 Å². The molecule has 1 aromatic carbocycles. The van der Waals surface area contributed by atoms with Crippen LogP contribution in [0.25, 0.3) is 22.3 Å². The number of fused-ring (bicyclic) bond motifs is 2. The van der Waals surface area contributed by atoms with E-state index in [9.17, 15) is 13.9 Å². The number of aromatic nitrogens is 2. The van der Waals surface area contributed by atoms with Gasteiger partial charge in [-0.1, -0.05) is 0 Å². The Balaban J connectivity index is 1.29. The van der Waals surface area contributed by atoms with Crippen molar-refractivity contribution in [2.75, 3.05) is 44.4 Å². The summed E-state index contributed by atoms with van der Waals surface area (Å²) in [6, 6.07) is 5.42. The number of aliphatic hydroxyl groups excluding tert-OH is 1. The largest absolute Gasteiger partial charge is 0.468 e. The van der Waals surface area contributed by atoms with Crippen LogP contribution in [0.1, 0.15) is 0 Å². The first kappa shape index (κ1) is 21.7. The van der Waals surface area contributed by atoms with Gasteiger partial charge < -0.3 is 33.9 Å². The van der Waals surface area contributed by atoms with E-state index < -0.39 is 41.9 Å². The second kappa shape index (κ2) is 8.42. The number of nitrogens with one attached hydrogen (secondary N) is 1. The molecule has 5 heterocycles. The summed E-state index contributed by atoms with van der Waals surface area (Å²) in [6.45, 7) is 2.31. The van der Waals surface area contributed by atoms with E-state index in [1.165, 1.54) is 24.3 Å². The first-order valence-corrected chi connectivity index (χ1v) is 11.1. The van der Waals surface area contributed by atoms with Crippen molar-refractivity contribution in [1.82, 2.24) is 9.97 Å². The standard InChI is InChI=1S/C23H22F3N3O5/c24-12-7-11(29-3-5-31-6-4-29)8-13(25)18(12)14-1-2-15-20(27-14)19(26)23(28-15)34-17-10-33-21-16(30)9-32-22(17)21/h1-2,7-8,16-17,21-22,28,30H,3-6,9-10H2/t16-,17-,21?,22-/m1/s1. The van der Waals surface area contributed by atoms with Crippen molar-refractivity contribution in [3.63, 3.8) is 0 Å². The van der Waals surface area contributed by atoms with E-state index in [4.69, 9.17) is 18.9 Å². The van der Waals surface area contributed by atoms with E-state index in [1.807, 2.05) is 4.90 Å². The van der Waals surface area contributed by atoms with Crippen molar-refractivity contribution >= 4 is 16.7 Å². The molecular weight excluding hydrogens is 455 g/mol. The number of aromatic amines is 1. The Labute approximate surface area is 192 Å². The van der Waals surface area contributed by atoms with Gasteiger partial charge in [-0.3, -0.25) is 0 Å². The van der Waals surface area contributed by atoms with Gasteiger partial charge in [-0.25, -0.2) is 13.8 Å². The first-order chi connectivity index (χ1) is 16.5. The third kappa shape index (κ3) is 3.59. The number of hydrogen-bond donors (Lipinski definition) is 2. The second-order valence-corrected chi connectivity index (χ2v) is 8.56. The molecule has 0 saturated carbocycles. The maximum Gasteiger partial charge on any atom is 0.231 e. The molecule has 3 aromatic rings. The Morgan fingerprint density at radius 2 is 1.76 bits per heavy atom. The summed E-state index contributed by atoms with van der Waals surface area (Å²) in [4.78, 5) is 8.83. The molecule has 3 saturated heterocycles. The third-order valence-electron chi connectivity index (χ3n) is 6.46. The minimum atomic E-state index is -0.787. The second-order valence-electron chi connectivity index (χ2n) is 8.56. The summed E-state index contributed by atoms with van der Waals surface area (Å²) in [5.41, 5.74) is 0.258. The van der Waals surface area contributed by atoms with Gasteiger partial charge in [0.25, 0.3) is 0 Å². The molecule has 4 atom stereocenters. The van der Waals surface area contributed by atoms with Crippen LogP contribution in [0.3, 0.4) is 0 Å². The molecule has 0 radical (unpaired) electrons. The summed E-state index contributed by atoms with van der Waals surface area (Å²) in [5.74, 6) is -2.54. The number of hydrogen-bond acceptors (Lipinski definition) is 7. The number of benzene rings is 1. The highest BCUT2D eigenvalue weighted by atomic mass is 19.1. The normalized spacial score (nSPS) is 26.9. The molecule has 1 unspecified atom stereocenters. The van der Waals surface area contributed by atoms with Crippen LogP contribution in [0.4, 0.5) is 18.9 Å². The topological polar surface area (TPSA) is 89.1 Å². The Hall–Kier alpha value is -2.86. The van der Waals surface area contributed by atoms with Gasteiger partial charge in [0.1, 0.15) is 35.5 Å². The van der Waals surface area contributed by atoms with Gasteiger partial charge in [0, 0.05) is 18.8 Å². The fourth-order valence-corrected chi connectivity index (χ4v) is 4.74. The van der Waals surface area contributed by atoms with Crippen LogP contribution in [-0.4, -0.2) is 79.0 Å². The number of pyridine rings is 1. The SMILES string of the molecule is O[C@@H]1CO[C@H]2C1OC[C@H]2Oc1[nH]c2ccc(-c3c(F)cc(N4CCOCC4)cc3F)nc2c1F. The van der Waals surface area contributed by atoms with Crippen LogP contribution < -0.4 is 9.64 Å². The van der Waals surface area contributed by atoms with Crippen LogP contribution >= 0.6 is 0 Å². The third-order valence-corrected chi connectivity index (χ3v) is 6.46. The molecule has 3 aliphatic heterocycles. The number of aliphatic hydroxyl groups is 1. The molecule has 0 bridgehead atoms. The van der Waals surface area contributed by atoms with Crippen molar-refractivity contribution in [3.05, 3.63) is 41.7 Å². The van der Waals surface area contributed by atoms with Crippen LogP contribution in [0.15, 0.2) is 24.3 Å². The van der Waals surface area contributed by atoms with Crippen molar-refractivity contribution in [2.24, 2.45) is 0 Å². The Morgan fingerprint density at radius 3 is 2.53 bits per heavy atom. The molecule has 0 amide bonds. The number of nitrogens with zero attached hydrogens (tertiary/aromatic N) is 2. The van der Waals surface area contributed by atoms with Gasteiger partial charge >= 0.3 is 0 Å². The van der Waals surface area contributed by atoms with E-state index in [2.05, 4.69) is 9.97 Å². The zero-order chi connectivity index (χ0) is 23.4. The van der Waals surface area contributed by atoms with Crippen molar-refractivity contribution in [1.29, 1.82) is 0 Å². The highest BCUT2D eigenvalue weighted by Crippen LogP contribution is 2.35. The molecule has 2 aromatic heterocycles. The smallest absolute Gasteiger partial charge is 0.231 e. The number of ether oxygens (including phenoxy) is 4. The highest BCUT2D eigenvalue weighted by Gasteiger charge is 2.48. The summed E-state index contributed by atoms with van der Waals surface area (Å²) < 4.78 is 67.1. The van der Waals surface area contributed by atoms with Crippen LogP contribution in [0.2, 0.25) is 0 Å². The van der Waals surface area contributed by atoms with Gasteiger partial charge in [0.05, 0.1) is 43.2 Å². The fourth-order valence-electron chi connectivity index (χ4n) is 4.74. The van der Waals surface area contributed by atoms with Crippen molar-refractivity contribution in [2.45, 2.75) is 24.4 Å². The number of rotatable bonds is 4. The Kier molecular flexibility index (Phi) is 5.36. The molecular formula is C23H22F3N3O5. The number of H-pyrrole nitrogens is 1. The molecule has 34 heavy (non-hydrogen) atoms. The van der Waals surface area contributed by atoms with Crippen LogP contribution in [0, 0.1) is 17.5 Å². The fraction of sp³-hybridized carbons (Fsp3) is 0.435. The zero-order valence-corrected chi connectivity index (χ0v) is 18.0. The van der Waals surface area contributed by atoms with E-state index in [1.54, 1.807) is 0 Å². The van der Waals surface area contributed by atoms with Gasteiger partial charge in [-0.05, 0) is 24.3 Å². The Morgan fingerprint density at radius 1 is 1.03 bits per heavy atom. The molecule has 11 heteroatoms. The predicted octanol–water partition coefficient (Wildman–Crippen LogP) is 2.39. The van der Waals surface area contributed by atoms with Crippen molar-refractivity contribution < 1.29 is 37.2 Å². The lowest BCUT2D eigenvalue weighted by atomic mass is 10.1. The van der Waals surface area contributed by atoms with Gasteiger partial charge in [0.15, 0.2) is 6.10 Å². The maximum absolute atomic E-state index is 15.2. The molecule has 6 rings (SSSR count). The van der Waals surface area contributed by atoms with Crippen LogP contribution in [-0.2, 0) is 14.2 Å². The lowest BCUT2D eigenvalue weighted by molar-refractivity contribution is 0.00723. The maximum atomic E-state index is 15.2. The minimum Gasteiger partial charge on any atom is -0.468 e. The highest BCUT2D eigenvalue weighted by molar-refractivity contribution is 5.81. The first-order valence-electron chi connectivity index (χ1n) is 11.1. The summed E-state index contributed by atoms with van der Waals surface area (Å²) >= 11 is 0. The van der Waals surface area contributed by atoms with E-state index in [-0.39, 0.29) is 35.9 Å². The van der Waals surface area contributed by atoms with Gasteiger partial charge in [-0.15, -0.1) is 0 Å². The minimum absolute atomic E-state index is 0.0352. The zero-order valence-electron chi connectivity index (χ0n) is 18.0. The average Bonchev–Trinajstić information content (AvgIpc) is 3.50. The molecule has 2 N–H and O–H groups in total. The predicted molar refractivity (Wildman–Crippen MR) is 114 cm³/mol. The molecule has 3 aliphatic rings. The van der Waals surface area contributed by atoms with Gasteiger partial charge in [0.2, 0.25) is 11.7 Å². The van der Waals surface area contributed by atoms with E-state index in [0.717, 1.165) is 0 Å². The molecule has 0 spiro atoms. The van der Waals surface area contributed by atoms with Crippen molar-refractivity contribution in [3.8, 4) is 17.1 Å². The molecule has 8 nitrogen and oxygen atoms in total. The molecule has 0 aliphatic carbocycles. The lowest BCUT2D eigenvalue weighted by Gasteiger charge is -2.29. The van der Waals surface area contributed by atoms with Crippen LogP contribution in [0.5, 0.6) is 5.88 Å². The Bertz CT molecular complexity index is 1210. The monoisotopic (exact) mass is 477 g/mol. The van der Waals surface area contributed by atoms with Gasteiger partial charge in [-0.2, -0.15) is 4.39 Å². The quantitative estimate of drug-likeness (QED) is 0.597.